The molecular formula is C11H21NO. The van der Waals surface area contributed by atoms with Crippen LogP contribution >= 0.6 is 0 Å². The predicted octanol–water partition coefficient (Wildman–Crippen LogP) is 1.39. The minimum Gasteiger partial charge on any atom is -0.391 e. The summed E-state index contributed by atoms with van der Waals surface area (Å²) in [6, 6.07) is 0.293. The Bertz CT molecular complexity index is 226. The molecule has 3 unspecified atom stereocenters. The lowest BCUT2D eigenvalue weighted by Gasteiger charge is -2.39. The minimum atomic E-state index is -0.140. The largest absolute Gasteiger partial charge is 0.391 e. The lowest BCUT2D eigenvalue weighted by molar-refractivity contribution is 0.0618. The van der Waals surface area contributed by atoms with E-state index < -0.39 is 0 Å². The standard InChI is InChI=1S/C11H21NO/c1-10(2)7-5-6-11(10,3)9(12-4)8(7)13/h7-9,12-13H,5-6H2,1-4H3/t7?,8?,9-,11?/m1/s1. The fourth-order valence-corrected chi connectivity index (χ4v) is 3.81. The van der Waals surface area contributed by atoms with E-state index in [4.69, 9.17) is 0 Å². The first-order chi connectivity index (χ1) is 5.95. The van der Waals surface area contributed by atoms with Crippen molar-refractivity contribution in [3.63, 3.8) is 0 Å². The van der Waals surface area contributed by atoms with Crippen molar-refractivity contribution in [3.05, 3.63) is 0 Å². The molecule has 0 aromatic carbocycles. The van der Waals surface area contributed by atoms with Crippen LogP contribution in [-0.4, -0.2) is 24.3 Å². The van der Waals surface area contributed by atoms with Crippen molar-refractivity contribution >= 4 is 0 Å². The quantitative estimate of drug-likeness (QED) is 0.644. The van der Waals surface area contributed by atoms with Crippen molar-refractivity contribution < 1.29 is 5.11 Å². The molecule has 0 radical (unpaired) electrons. The molecular weight excluding hydrogens is 162 g/mol. The molecule has 2 rings (SSSR count). The number of fused-ring (bicyclic) bond motifs is 2. The fraction of sp³-hybridized carbons (Fsp3) is 1.00. The van der Waals surface area contributed by atoms with Gasteiger partial charge in [-0.2, -0.15) is 0 Å². The summed E-state index contributed by atoms with van der Waals surface area (Å²) < 4.78 is 0. The lowest BCUT2D eigenvalue weighted by atomic mass is 9.69. The van der Waals surface area contributed by atoms with Gasteiger partial charge in [0.2, 0.25) is 0 Å². The van der Waals surface area contributed by atoms with Gasteiger partial charge in [0.1, 0.15) is 0 Å². The molecule has 0 saturated heterocycles. The highest BCUT2D eigenvalue weighted by atomic mass is 16.3. The predicted molar refractivity (Wildman–Crippen MR) is 53.5 cm³/mol. The van der Waals surface area contributed by atoms with Gasteiger partial charge >= 0.3 is 0 Å². The second-order valence-electron chi connectivity index (χ2n) is 5.54. The van der Waals surface area contributed by atoms with Crippen LogP contribution in [0.15, 0.2) is 0 Å². The smallest absolute Gasteiger partial charge is 0.0732 e. The molecule has 2 bridgehead atoms. The molecule has 76 valence electrons. The highest BCUT2D eigenvalue weighted by Gasteiger charge is 2.65. The van der Waals surface area contributed by atoms with Gasteiger partial charge < -0.3 is 10.4 Å². The lowest BCUT2D eigenvalue weighted by Crippen LogP contribution is -2.48. The maximum atomic E-state index is 10.1. The SMILES string of the molecule is CN[C@@H]1C(O)C2CCC1(C)C2(C)C. The number of nitrogens with one attached hydrogen (secondary N) is 1. The molecule has 2 saturated carbocycles. The normalized spacial score (nSPS) is 52.8. The first-order valence-corrected chi connectivity index (χ1v) is 5.30. The van der Waals surface area contributed by atoms with E-state index in [9.17, 15) is 5.11 Å². The Hall–Kier alpha value is -0.0800. The summed E-state index contributed by atoms with van der Waals surface area (Å²) in [5.74, 6) is 0.495. The second kappa shape index (κ2) is 2.48. The van der Waals surface area contributed by atoms with Crippen molar-refractivity contribution in [3.8, 4) is 0 Å². The molecule has 2 aliphatic carbocycles. The van der Waals surface area contributed by atoms with E-state index in [0.717, 1.165) is 0 Å². The first-order valence-electron chi connectivity index (χ1n) is 5.30. The van der Waals surface area contributed by atoms with Gasteiger partial charge in [-0.25, -0.2) is 0 Å². The number of hydrogen-bond acceptors (Lipinski definition) is 2. The van der Waals surface area contributed by atoms with Gasteiger partial charge in [-0.1, -0.05) is 20.8 Å². The molecule has 2 nitrogen and oxygen atoms in total. The third-order valence-electron chi connectivity index (χ3n) is 5.12. The monoisotopic (exact) mass is 183 g/mol. The summed E-state index contributed by atoms with van der Waals surface area (Å²) in [6.45, 7) is 6.95. The molecule has 0 aliphatic heterocycles. The van der Waals surface area contributed by atoms with Gasteiger partial charge in [0.05, 0.1) is 6.10 Å². The Balaban J connectivity index is 2.40. The van der Waals surface area contributed by atoms with E-state index in [1.54, 1.807) is 0 Å². The Kier molecular flexibility index (Phi) is 1.81. The van der Waals surface area contributed by atoms with E-state index in [0.29, 0.717) is 17.4 Å². The van der Waals surface area contributed by atoms with Crippen LogP contribution in [0.25, 0.3) is 0 Å². The number of aliphatic hydroxyl groups is 1. The van der Waals surface area contributed by atoms with E-state index in [1.165, 1.54) is 12.8 Å². The second-order valence-corrected chi connectivity index (χ2v) is 5.54. The van der Waals surface area contributed by atoms with Gasteiger partial charge in [0.25, 0.3) is 0 Å². The average molecular weight is 183 g/mol. The number of rotatable bonds is 1. The molecule has 4 atom stereocenters. The topological polar surface area (TPSA) is 32.3 Å². The van der Waals surface area contributed by atoms with Crippen LogP contribution in [0.2, 0.25) is 0 Å². The number of hydrogen-bond donors (Lipinski definition) is 2. The maximum Gasteiger partial charge on any atom is 0.0732 e. The van der Waals surface area contributed by atoms with Crippen LogP contribution in [0, 0.1) is 16.7 Å². The van der Waals surface area contributed by atoms with Crippen molar-refractivity contribution in [2.75, 3.05) is 7.05 Å². The zero-order valence-electron chi connectivity index (χ0n) is 9.09. The van der Waals surface area contributed by atoms with Gasteiger partial charge in [0, 0.05) is 6.04 Å². The Labute approximate surface area is 80.7 Å². The molecule has 0 aromatic rings. The van der Waals surface area contributed by atoms with Crippen LogP contribution in [0.3, 0.4) is 0 Å². The molecule has 0 amide bonds. The van der Waals surface area contributed by atoms with Crippen molar-refractivity contribution in [1.29, 1.82) is 0 Å². The Morgan fingerprint density at radius 2 is 1.92 bits per heavy atom. The third kappa shape index (κ3) is 0.861. The van der Waals surface area contributed by atoms with E-state index in [-0.39, 0.29) is 11.5 Å². The highest BCUT2D eigenvalue weighted by molar-refractivity contribution is 5.17. The van der Waals surface area contributed by atoms with E-state index in [1.807, 2.05) is 7.05 Å². The van der Waals surface area contributed by atoms with Gasteiger partial charge in [-0.15, -0.1) is 0 Å². The van der Waals surface area contributed by atoms with Crippen LogP contribution in [-0.2, 0) is 0 Å². The summed E-state index contributed by atoms with van der Waals surface area (Å²) in [4.78, 5) is 0. The third-order valence-corrected chi connectivity index (χ3v) is 5.12. The molecule has 0 heterocycles. The summed E-state index contributed by atoms with van der Waals surface area (Å²) >= 11 is 0. The van der Waals surface area contributed by atoms with E-state index in [2.05, 4.69) is 26.1 Å². The molecule has 0 aromatic heterocycles. The highest BCUT2D eigenvalue weighted by Crippen LogP contribution is 2.65. The van der Waals surface area contributed by atoms with Crippen LogP contribution in [0.1, 0.15) is 33.6 Å². The summed E-state index contributed by atoms with van der Waals surface area (Å²) in [5.41, 5.74) is 0.575. The maximum absolute atomic E-state index is 10.1. The molecule has 2 N–H and O–H groups in total. The Morgan fingerprint density at radius 1 is 1.31 bits per heavy atom. The van der Waals surface area contributed by atoms with Crippen molar-refractivity contribution in [2.45, 2.75) is 45.8 Å². The van der Waals surface area contributed by atoms with Crippen molar-refractivity contribution in [1.82, 2.24) is 5.32 Å². The zero-order chi connectivity index (χ0) is 9.85. The number of aliphatic hydroxyl groups excluding tert-OH is 1. The average Bonchev–Trinajstić information content (AvgIpc) is 2.32. The summed E-state index contributed by atoms with van der Waals surface area (Å²) in [5, 5.41) is 13.4. The molecule has 0 spiro atoms. The minimum absolute atomic E-state index is 0.140. The van der Waals surface area contributed by atoms with Crippen LogP contribution in [0.5, 0.6) is 0 Å². The van der Waals surface area contributed by atoms with E-state index >= 15 is 0 Å². The van der Waals surface area contributed by atoms with Gasteiger partial charge in [0.15, 0.2) is 0 Å². The van der Waals surface area contributed by atoms with Gasteiger partial charge in [-0.05, 0) is 36.6 Å². The Morgan fingerprint density at radius 3 is 2.23 bits per heavy atom. The summed E-state index contributed by atoms with van der Waals surface area (Å²) in [7, 11) is 1.97. The number of likely N-dealkylation sites (N-methyl/N-ethyl adjacent to an activating group) is 1. The molecule has 2 aliphatic rings. The zero-order valence-corrected chi connectivity index (χ0v) is 9.09. The van der Waals surface area contributed by atoms with Crippen molar-refractivity contribution in [2.24, 2.45) is 16.7 Å². The molecule has 2 fully saturated rings. The molecule has 13 heavy (non-hydrogen) atoms. The molecule has 2 heteroatoms. The fourth-order valence-electron chi connectivity index (χ4n) is 3.81. The van der Waals surface area contributed by atoms with Crippen LogP contribution in [0.4, 0.5) is 0 Å². The van der Waals surface area contributed by atoms with Gasteiger partial charge in [-0.3, -0.25) is 0 Å². The summed E-state index contributed by atoms with van der Waals surface area (Å²) in [6.07, 6.45) is 2.31. The first kappa shape index (κ1) is 9.47. The van der Waals surface area contributed by atoms with Crippen LogP contribution < -0.4 is 5.32 Å².